The zero-order chi connectivity index (χ0) is 23.1. The zero-order valence-electron chi connectivity index (χ0n) is 18.3. The number of carboxylic acids is 1. The molecule has 1 N–H and O–H groups in total. The quantitative estimate of drug-likeness (QED) is 0.765. The van der Waals surface area contributed by atoms with Crippen LogP contribution in [0, 0.1) is 5.92 Å². The molecule has 33 heavy (non-hydrogen) atoms. The Bertz CT molecular complexity index is 1060. The molecule has 2 aromatic rings. The molecule has 0 aromatic heterocycles. The molecule has 2 aliphatic heterocycles. The fourth-order valence-electron chi connectivity index (χ4n) is 5.55. The van der Waals surface area contributed by atoms with Crippen molar-refractivity contribution >= 4 is 18.2 Å². The maximum atomic E-state index is 13.2. The first-order valence-electron chi connectivity index (χ1n) is 11.3. The topological polar surface area (TPSA) is 96.4 Å². The first-order chi connectivity index (χ1) is 16.0. The maximum absolute atomic E-state index is 13.2. The van der Waals surface area contributed by atoms with Gasteiger partial charge in [-0.05, 0) is 35.6 Å². The molecule has 3 atom stereocenters. The van der Waals surface area contributed by atoms with Crippen LogP contribution in [0.2, 0.25) is 0 Å². The van der Waals surface area contributed by atoms with E-state index in [1.54, 1.807) is 11.8 Å². The number of likely N-dealkylation sites (tertiary alicyclic amines) is 2. The predicted octanol–water partition coefficient (Wildman–Crippen LogP) is 3.55. The van der Waals surface area contributed by atoms with E-state index in [4.69, 9.17) is 9.47 Å². The summed E-state index contributed by atoms with van der Waals surface area (Å²) in [5.74, 6) is -1.28. The third-order valence-corrected chi connectivity index (χ3v) is 6.98. The average molecular weight is 450 g/mol. The summed E-state index contributed by atoms with van der Waals surface area (Å²) >= 11 is 0. The summed E-state index contributed by atoms with van der Waals surface area (Å²) in [6, 6.07) is 14.7. The van der Waals surface area contributed by atoms with Crippen molar-refractivity contribution in [3.8, 4) is 11.1 Å². The van der Waals surface area contributed by atoms with Gasteiger partial charge in [0.1, 0.15) is 12.6 Å². The van der Waals surface area contributed by atoms with E-state index in [1.165, 1.54) is 4.90 Å². The number of amides is 2. The minimum atomic E-state index is -1.06. The fraction of sp³-hybridized carbons (Fsp3) is 0.400. The lowest BCUT2D eigenvalue weighted by atomic mass is 9.98. The van der Waals surface area contributed by atoms with Gasteiger partial charge in [0.15, 0.2) is 0 Å². The van der Waals surface area contributed by atoms with Crippen LogP contribution in [0.25, 0.3) is 11.1 Å². The Hall–Kier alpha value is -3.55. The zero-order valence-corrected chi connectivity index (χ0v) is 18.3. The van der Waals surface area contributed by atoms with Crippen LogP contribution in [0.4, 0.5) is 9.59 Å². The number of fused-ring (bicyclic) bond motifs is 4. The molecule has 2 saturated heterocycles. The van der Waals surface area contributed by atoms with Gasteiger partial charge in [-0.1, -0.05) is 48.5 Å². The van der Waals surface area contributed by atoms with E-state index < -0.39 is 30.2 Å². The molecule has 2 aromatic carbocycles. The lowest BCUT2D eigenvalue weighted by Crippen LogP contribution is -2.48. The molecule has 172 valence electrons. The molecule has 1 aliphatic carbocycles. The number of carbonyl (C=O) groups excluding carboxylic acids is 2. The summed E-state index contributed by atoms with van der Waals surface area (Å²) in [6.07, 6.45) is -0.797. The van der Waals surface area contributed by atoms with Gasteiger partial charge < -0.3 is 19.5 Å². The van der Waals surface area contributed by atoms with Gasteiger partial charge in [0.05, 0.1) is 12.6 Å². The van der Waals surface area contributed by atoms with E-state index in [-0.39, 0.29) is 31.6 Å². The summed E-state index contributed by atoms with van der Waals surface area (Å²) in [5, 5.41) is 9.73. The first kappa shape index (κ1) is 21.3. The van der Waals surface area contributed by atoms with Crippen LogP contribution in [0.1, 0.15) is 30.4 Å². The van der Waals surface area contributed by atoms with Crippen molar-refractivity contribution < 1.29 is 29.0 Å². The summed E-state index contributed by atoms with van der Waals surface area (Å²) in [4.78, 5) is 40.1. The van der Waals surface area contributed by atoms with Gasteiger partial charge in [-0.15, -0.1) is 0 Å². The maximum Gasteiger partial charge on any atom is 0.410 e. The lowest BCUT2D eigenvalue weighted by Gasteiger charge is -2.28. The Morgan fingerprint density at radius 1 is 0.939 bits per heavy atom. The Labute approximate surface area is 191 Å². The minimum absolute atomic E-state index is 0.109. The molecule has 8 heteroatoms. The average Bonchev–Trinajstić information content (AvgIpc) is 3.47. The molecule has 0 radical (unpaired) electrons. The van der Waals surface area contributed by atoms with Crippen molar-refractivity contribution in [1.29, 1.82) is 0 Å². The first-order valence-corrected chi connectivity index (χ1v) is 11.3. The van der Waals surface area contributed by atoms with Gasteiger partial charge in [0.25, 0.3) is 0 Å². The fourth-order valence-corrected chi connectivity index (χ4v) is 5.55. The van der Waals surface area contributed by atoms with Gasteiger partial charge in [-0.2, -0.15) is 0 Å². The summed E-state index contributed by atoms with van der Waals surface area (Å²) in [7, 11) is 0. The van der Waals surface area contributed by atoms with Crippen LogP contribution >= 0.6 is 0 Å². The molecule has 2 heterocycles. The molecule has 0 bridgehead atoms. The Kier molecular flexibility index (Phi) is 5.44. The predicted molar refractivity (Wildman–Crippen MR) is 119 cm³/mol. The largest absolute Gasteiger partial charge is 0.480 e. The van der Waals surface area contributed by atoms with Crippen molar-refractivity contribution in [3.05, 3.63) is 59.7 Å². The molecular formula is C25H26N2O6. The molecule has 0 saturated carbocycles. The van der Waals surface area contributed by atoms with Gasteiger partial charge in [0, 0.05) is 24.9 Å². The second-order valence-corrected chi connectivity index (χ2v) is 8.73. The van der Waals surface area contributed by atoms with Crippen LogP contribution in [-0.4, -0.2) is 71.4 Å². The van der Waals surface area contributed by atoms with Gasteiger partial charge in [-0.25, -0.2) is 14.4 Å². The number of carboxylic acid groups (broad SMARTS) is 1. The van der Waals surface area contributed by atoms with E-state index in [0.717, 1.165) is 22.3 Å². The highest BCUT2D eigenvalue weighted by Gasteiger charge is 2.53. The molecule has 8 nitrogen and oxygen atoms in total. The van der Waals surface area contributed by atoms with Crippen LogP contribution in [0.3, 0.4) is 0 Å². The number of carbonyl (C=O) groups is 3. The monoisotopic (exact) mass is 450 g/mol. The molecule has 3 aliphatic rings. The van der Waals surface area contributed by atoms with Crippen LogP contribution in [0.15, 0.2) is 48.5 Å². The standard InChI is InChI=1S/C25H26N2O6/c1-2-32-24(30)26-12-15-11-21(23(28)29)27(22(15)13-26)25(31)33-14-20-18-9-5-3-7-16(18)17-8-4-6-10-19(17)20/h3-10,15,20-22H,2,11-14H2,1H3,(H,28,29). The van der Waals surface area contributed by atoms with Gasteiger partial charge in [-0.3, -0.25) is 4.90 Å². The smallest absolute Gasteiger partial charge is 0.410 e. The summed E-state index contributed by atoms with van der Waals surface area (Å²) in [5.41, 5.74) is 4.43. The van der Waals surface area contributed by atoms with Gasteiger partial charge in [0.2, 0.25) is 0 Å². The van der Waals surface area contributed by atoms with E-state index in [2.05, 4.69) is 12.1 Å². The Morgan fingerprint density at radius 3 is 2.18 bits per heavy atom. The number of rotatable bonds is 4. The number of nitrogens with zero attached hydrogens (tertiary/aromatic N) is 2. The van der Waals surface area contributed by atoms with E-state index in [1.807, 2.05) is 36.4 Å². The third-order valence-electron chi connectivity index (χ3n) is 6.98. The lowest BCUT2D eigenvalue weighted by molar-refractivity contribution is -0.142. The van der Waals surface area contributed by atoms with Gasteiger partial charge >= 0.3 is 18.2 Å². The van der Waals surface area contributed by atoms with Crippen molar-refractivity contribution in [1.82, 2.24) is 9.80 Å². The SMILES string of the molecule is CCOC(=O)N1CC2CC(C(=O)O)N(C(=O)OCC3c4ccccc4-c4ccccc43)C2C1. The number of benzene rings is 2. The third kappa shape index (κ3) is 3.59. The molecule has 0 spiro atoms. The van der Waals surface area contributed by atoms with Crippen LogP contribution in [-0.2, 0) is 14.3 Å². The number of hydrogen-bond acceptors (Lipinski definition) is 5. The summed E-state index contributed by atoms with van der Waals surface area (Å²) in [6.45, 7) is 2.74. The van der Waals surface area contributed by atoms with Crippen molar-refractivity contribution in [2.24, 2.45) is 5.92 Å². The van der Waals surface area contributed by atoms with Crippen molar-refractivity contribution in [2.45, 2.75) is 31.3 Å². The van der Waals surface area contributed by atoms with Crippen molar-refractivity contribution in [2.75, 3.05) is 26.3 Å². The Morgan fingerprint density at radius 2 is 1.58 bits per heavy atom. The summed E-state index contributed by atoms with van der Waals surface area (Å²) < 4.78 is 10.8. The number of ether oxygens (including phenoxy) is 2. The van der Waals surface area contributed by atoms with E-state index >= 15 is 0 Å². The highest BCUT2D eigenvalue weighted by atomic mass is 16.6. The molecule has 2 fully saturated rings. The second kappa shape index (κ2) is 8.42. The molecular weight excluding hydrogens is 424 g/mol. The highest BCUT2D eigenvalue weighted by Crippen LogP contribution is 2.45. The molecule has 3 unspecified atom stereocenters. The van der Waals surface area contributed by atoms with Crippen LogP contribution < -0.4 is 0 Å². The molecule has 2 amide bonds. The van der Waals surface area contributed by atoms with Crippen molar-refractivity contribution in [3.63, 3.8) is 0 Å². The number of hydrogen-bond donors (Lipinski definition) is 1. The number of aliphatic carboxylic acids is 1. The van der Waals surface area contributed by atoms with Crippen LogP contribution in [0.5, 0.6) is 0 Å². The highest BCUT2D eigenvalue weighted by molar-refractivity contribution is 5.82. The van der Waals surface area contributed by atoms with E-state index in [9.17, 15) is 19.5 Å². The molecule has 5 rings (SSSR count). The van der Waals surface area contributed by atoms with E-state index in [0.29, 0.717) is 13.0 Å². The Balaban J connectivity index is 1.34. The minimum Gasteiger partial charge on any atom is -0.480 e. The normalized spacial score (nSPS) is 23.1. The second-order valence-electron chi connectivity index (χ2n) is 8.73.